The Labute approximate surface area is 95.7 Å². The van der Waals surface area contributed by atoms with Gasteiger partial charge in [-0.2, -0.15) is 0 Å². The SMILES string of the molecule is CC(C)CCCC(N)c1cc(F)ccc1F. The van der Waals surface area contributed by atoms with Crippen LogP contribution in [0, 0.1) is 17.6 Å². The molecule has 90 valence electrons. The number of halogens is 2. The van der Waals surface area contributed by atoms with Crippen LogP contribution in [0.15, 0.2) is 18.2 Å². The summed E-state index contributed by atoms with van der Waals surface area (Å²) in [7, 11) is 0. The molecule has 2 N–H and O–H groups in total. The quantitative estimate of drug-likeness (QED) is 0.813. The Hall–Kier alpha value is -0.960. The first-order chi connectivity index (χ1) is 7.50. The minimum Gasteiger partial charge on any atom is -0.324 e. The third kappa shape index (κ3) is 3.89. The predicted molar refractivity (Wildman–Crippen MR) is 62.0 cm³/mol. The summed E-state index contributed by atoms with van der Waals surface area (Å²) < 4.78 is 26.3. The van der Waals surface area contributed by atoms with Crippen molar-refractivity contribution in [1.29, 1.82) is 0 Å². The van der Waals surface area contributed by atoms with Crippen molar-refractivity contribution >= 4 is 0 Å². The van der Waals surface area contributed by atoms with E-state index in [-0.39, 0.29) is 5.56 Å². The summed E-state index contributed by atoms with van der Waals surface area (Å²) >= 11 is 0. The first-order valence-electron chi connectivity index (χ1n) is 5.71. The van der Waals surface area contributed by atoms with Gasteiger partial charge in [-0.1, -0.05) is 26.7 Å². The van der Waals surface area contributed by atoms with E-state index in [4.69, 9.17) is 5.73 Å². The molecule has 1 unspecified atom stereocenters. The molecule has 1 aromatic rings. The van der Waals surface area contributed by atoms with Crippen molar-refractivity contribution < 1.29 is 8.78 Å². The van der Waals surface area contributed by atoms with Gasteiger partial charge in [-0.3, -0.25) is 0 Å². The van der Waals surface area contributed by atoms with E-state index < -0.39 is 17.7 Å². The molecule has 1 nitrogen and oxygen atoms in total. The maximum absolute atomic E-state index is 13.4. The van der Waals surface area contributed by atoms with Gasteiger partial charge in [0.15, 0.2) is 0 Å². The van der Waals surface area contributed by atoms with E-state index in [1.54, 1.807) is 0 Å². The number of nitrogens with two attached hydrogens (primary N) is 1. The van der Waals surface area contributed by atoms with Gasteiger partial charge in [0.2, 0.25) is 0 Å². The van der Waals surface area contributed by atoms with Gasteiger partial charge < -0.3 is 5.73 Å². The molecular weight excluding hydrogens is 208 g/mol. The number of rotatable bonds is 5. The van der Waals surface area contributed by atoms with Gasteiger partial charge in [0.05, 0.1) is 0 Å². The van der Waals surface area contributed by atoms with E-state index in [0.29, 0.717) is 12.3 Å². The van der Waals surface area contributed by atoms with Gasteiger partial charge in [-0.15, -0.1) is 0 Å². The maximum Gasteiger partial charge on any atom is 0.128 e. The Morgan fingerprint density at radius 3 is 2.50 bits per heavy atom. The summed E-state index contributed by atoms with van der Waals surface area (Å²) in [6.45, 7) is 4.27. The average molecular weight is 227 g/mol. The van der Waals surface area contributed by atoms with Crippen LogP contribution in [-0.2, 0) is 0 Å². The standard InChI is InChI=1S/C13H19F2N/c1-9(2)4-3-5-13(16)11-8-10(14)6-7-12(11)15/h6-9,13H,3-5,16H2,1-2H3. The Morgan fingerprint density at radius 2 is 1.88 bits per heavy atom. The Balaban J connectivity index is 2.58. The minimum absolute atomic E-state index is 0.281. The average Bonchev–Trinajstić information content (AvgIpc) is 2.21. The van der Waals surface area contributed by atoms with E-state index in [1.165, 1.54) is 6.07 Å². The zero-order chi connectivity index (χ0) is 12.1. The smallest absolute Gasteiger partial charge is 0.128 e. The molecule has 0 radical (unpaired) electrons. The third-order valence-electron chi connectivity index (χ3n) is 2.65. The zero-order valence-corrected chi connectivity index (χ0v) is 9.84. The molecule has 0 bridgehead atoms. The topological polar surface area (TPSA) is 26.0 Å². The first kappa shape index (κ1) is 13.1. The normalized spacial score (nSPS) is 13.1. The van der Waals surface area contributed by atoms with Crippen LogP contribution in [0.2, 0.25) is 0 Å². The van der Waals surface area contributed by atoms with Gasteiger partial charge >= 0.3 is 0 Å². The fourth-order valence-corrected chi connectivity index (χ4v) is 1.70. The summed E-state index contributed by atoms with van der Waals surface area (Å²) in [4.78, 5) is 0. The highest BCUT2D eigenvalue weighted by atomic mass is 19.1. The van der Waals surface area contributed by atoms with Crippen LogP contribution < -0.4 is 5.73 Å². The monoisotopic (exact) mass is 227 g/mol. The van der Waals surface area contributed by atoms with Crippen LogP contribution in [0.5, 0.6) is 0 Å². The molecule has 0 fully saturated rings. The summed E-state index contributed by atoms with van der Waals surface area (Å²) in [5, 5.41) is 0. The van der Waals surface area contributed by atoms with Crippen molar-refractivity contribution in [2.24, 2.45) is 11.7 Å². The lowest BCUT2D eigenvalue weighted by atomic mass is 9.98. The van der Waals surface area contributed by atoms with Crippen LogP contribution >= 0.6 is 0 Å². The molecule has 16 heavy (non-hydrogen) atoms. The lowest BCUT2D eigenvalue weighted by molar-refractivity contribution is 0.489. The van der Waals surface area contributed by atoms with Crippen molar-refractivity contribution in [3.63, 3.8) is 0 Å². The highest BCUT2D eigenvalue weighted by Gasteiger charge is 2.12. The molecule has 3 heteroatoms. The first-order valence-corrected chi connectivity index (χ1v) is 5.71. The van der Waals surface area contributed by atoms with E-state index in [1.807, 2.05) is 0 Å². The second kappa shape index (κ2) is 5.94. The van der Waals surface area contributed by atoms with Crippen LogP contribution in [-0.4, -0.2) is 0 Å². The second-order valence-corrected chi connectivity index (χ2v) is 4.60. The van der Waals surface area contributed by atoms with Crippen molar-refractivity contribution in [3.8, 4) is 0 Å². The fourth-order valence-electron chi connectivity index (χ4n) is 1.70. The number of hydrogen-bond donors (Lipinski definition) is 1. The molecule has 0 spiro atoms. The van der Waals surface area contributed by atoms with Gasteiger partial charge in [0.1, 0.15) is 11.6 Å². The van der Waals surface area contributed by atoms with Crippen molar-refractivity contribution in [3.05, 3.63) is 35.4 Å². The highest BCUT2D eigenvalue weighted by molar-refractivity contribution is 5.21. The lowest BCUT2D eigenvalue weighted by Gasteiger charge is -2.13. The maximum atomic E-state index is 13.4. The second-order valence-electron chi connectivity index (χ2n) is 4.60. The molecule has 0 heterocycles. The molecule has 0 saturated carbocycles. The van der Waals surface area contributed by atoms with E-state index in [9.17, 15) is 8.78 Å². The van der Waals surface area contributed by atoms with Crippen LogP contribution in [0.3, 0.4) is 0 Å². The number of benzene rings is 1. The molecule has 1 aromatic carbocycles. The van der Waals surface area contributed by atoms with Gasteiger partial charge in [0, 0.05) is 11.6 Å². The Kier molecular flexibility index (Phi) is 4.87. The Bertz CT molecular complexity index is 337. The van der Waals surface area contributed by atoms with Gasteiger partial charge in [-0.25, -0.2) is 8.78 Å². The highest BCUT2D eigenvalue weighted by Crippen LogP contribution is 2.21. The summed E-state index contributed by atoms with van der Waals surface area (Å²) in [6, 6.07) is 3.02. The van der Waals surface area contributed by atoms with Crippen molar-refractivity contribution in [1.82, 2.24) is 0 Å². The Morgan fingerprint density at radius 1 is 1.19 bits per heavy atom. The van der Waals surface area contributed by atoms with Crippen LogP contribution in [0.25, 0.3) is 0 Å². The fraction of sp³-hybridized carbons (Fsp3) is 0.538. The van der Waals surface area contributed by atoms with E-state index in [2.05, 4.69) is 13.8 Å². The molecular formula is C13H19F2N. The van der Waals surface area contributed by atoms with Crippen molar-refractivity contribution in [2.45, 2.75) is 39.2 Å². The van der Waals surface area contributed by atoms with Crippen LogP contribution in [0.1, 0.15) is 44.7 Å². The molecule has 0 aliphatic rings. The summed E-state index contributed by atoms with van der Waals surface area (Å²) in [5.74, 6) is -0.237. The molecule has 1 atom stereocenters. The largest absolute Gasteiger partial charge is 0.324 e. The zero-order valence-electron chi connectivity index (χ0n) is 9.84. The summed E-state index contributed by atoms with van der Waals surface area (Å²) in [6.07, 6.45) is 2.69. The predicted octanol–water partition coefficient (Wildman–Crippen LogP) is 3.79. The summed E-state index contributed by atoms with van der Waals surface area (Å²) in [5.41, 5.74) is 6.13. The van der Waals surface area contributed by atoms with Gasteiger partial charge in [0.25, 0.3) is 0 Å². The molecule has 1 rings (SSSR count). The molecule has 0 aliphatic carbocycles. The molecule has 0 amide bonds. The molecule has 0 saturated heterocycles. The number of hydrogen-bond acceptors (Lipinski definition) is 1. The van der Waals surface area contributed by atoms with Crippen molar-refractivity contribution in [2.75, 3.05) is 0 Å². The molecule has 0 aromatic heterocycles. The third-order valence-corrected chi connectivity index (χ3v) is 2.65. The van der Waals surface area contributed by atoms with Gasteiger partial charge in [-0.05, 0) is 30.5 Å². The molecule has 0 aliphatic heterocycles. The lowest BCUT2D eigenvalue weighted by Crippen LogP contribution is -2.12. The van der Waals surface area contributed by atoms with E-state index >= 15 is 0 Å². The van der Waals surface area contributed by atoms with E-state index in [0.717, 1.165) is 25.0 Å². The minimum atomic E-state index is -0.435. The van der Waals surface area contributed by atoms with Crippen LogP contribution in [0.4, 0.5) is 8.78 Å².